The lowest BCUT2D eigenvalue weighted by molar-refractivity contribution is -0.132. The Morgan fingerprint density at radius 3 is 2.70 bits per heavy atom. The first-order valence-electron chi connectivity index (χ1n) is 11.4. The van der Waals surface area contributed by atoms with Crippen molar-refractivity contribution < 1.29 is 14.1 Å². The molecule has 3 aromatic rings. The number of nitrogens with zero attached hydrogens (tertiary/aromatic N) is 4. The van der Waals surface area contributed by atoms with Crippen LogP contribution >= 0.6 is 0 Å². The number of carbonyl (C=O) groups is 2. The van der Waals surface area contributed by atoms with Gasteiger partial charge in [0.15, 0.2) is 5.82 Å². The average Bonchev–Trinajstić information content (AvgIpc) is 3.47. The monoisotopic (exact) mass is 446 g/mol. The molecule has 0 bridgehead atoms. The Labute approximate surface area is 194 Å². The Kier molecular flexibility index (Phi) is 7.17. The summed E-state index contributed by atoms with van der Waals surface area (Å²) in [6.07, 6.45) is 2.78. The summed E-state index contributed by atoms with van der Waals surface area (Å²) in [7, 11) is 1.80. The van der Waals surface area contributed by atoms with Gasteiger partial charge in [0, 0.05) is 33.0 Å². The number of hydrogen-bond donors (Lipinski definition) is 0. The largest absolute Gasteiger partial charge is 0.341 e. The molecule has 0 spiro atoms. The summed E-state index contributed by atoms with van der Waals surface area (Å²) in [5.41, 5.74) is 3.24. The molecule has 1 aliphatic heterocycles. The first-order valence-corrected chi connectivity index (χ1v) is 11.4. The highest BCUT2D eigenvalue weighted by Gasteiger charge is 2.33. The lowest BCUT2D eigenvalue weighted by Crippen LogP contribution is -2.32. The lowest BCUT2D eigenvalue weighted by atomic mass is 10.1. The number of rotatable bonds is 8. The highest BCUT2D eigenvalue weighted by molar-refractivity contribution is 5.79. The number of benzene rings is 2. The van der Waals surface area contributed by atoms with Crippen molar-refractivity contribution in [3.8, 4) is 0 Å². The quantitative estimate of drug-likeness (QED) is 0.525. The molecule has 4 rings (SSSR count). The summed E-state index contributed by atoms with van der Waals surface area (Å²) in [5.74, 6) is 1.07. The van der Waals surface area contributed by atoms with Gasteiger partial charge in [0.25, 0.3) is 0 Å². The van der Waals surface area contributed by atoms with Gasteiger partial charge >= 0.3 is 0 Å². The van der Waals surface area contributed by atoms with E-state index in [4.69, 9.17) is 4.52 Å². The van der Waals surface area contributed by atoms with Crippen LogP contribution in [0.25, 0.3) is 0 Å². The fourth-order valence-corrected chi connectivity index (χ4v) is 4.29. The van der Waals surface area contributed by atoms with Gasteiger partial charge in [0.1, 0.15) is 0 Å². The van der Waals surface area contributed by atoms with Crippen molar-refractivity contribution in [2.75, 3.05) is 13.6 Å². The van der Waals surface area contributed by atoms with Crippen LogP contribution in [0.5, 0.6) is 0 Å². The van der Waals surface area contributed by atoms with Crippen molar-refractivity contribution in [3.63, 3.8) is 0 Å². The summed E-state index contributed by atoms with van der Waals surface area (Å²) in [4.78, 5) is 33.5. The van der Waals surface area contributed by atoms with Gasteiger partial charge in [-0.3, -0.25) is 9.59 Å². The van der Waals surface area contributed by atoms with Gasteiger partial charge in [-0.05, 0) is 30.9 Å². The third-order valence-corrected chi connectivity index (χ3v) is 6.03. The van der Waals surface area contributed by atoms with Gasteiger partial charge in [-0.1, -0.05) is 65.3 Å². The molecule has 1 saturated heterocycles. The minimum absolute atomic E-state index is 0.0226. The molecule has 2 amide bonds. The Morgan fingerprint density at radius 2 is 1.91 bits per heavy atom. The second kappa shape index (κ2) is 10.4. The topological polar surface area (TPSA) is 79.5 Å². The minimum Gasteiger partial charge on any atom is -0.341 e. The summed E-state index contributed by atoms with van der Waals surface area (Å²) in [5, 5.41) is 4.14. The van der Waals surface area contributed by atoms with Crippen molar-refractivity contribution in [1.29, 1.82) is 0 Å². The Hall–Kier alpha value is -3.48. The predicted molar refractivity (Wildman–Crippen MR) is 124 cm³/mol. The molecule has 172 valence electrons. The first kappa shape index (κ1) is 22.7. The zero-order valence-electron chi connectivity index (χ0n) is 19.2. The van der Waals surface area contributed by atoms with Crippen molar-refractivity contribution in [2.24, 2.45) is 0 Å². The number of likely N-dealkylation sites (tertiary alicyclic amines) is 1. The third kappa shape index (κ3) is 5.86. The van der Waals surface area contributed by atoms with Gasteiger partial charge in [0.2, 0.25) is 17.7 Å². The van der Waals surface area contributed by atoms with E-state index in [0.717, 1.165) is 29.5 Å². The third-order valence-electron chi connectivity index (χ3n) is 6.03. The predicted octanol–water partition coefficient (Wildman–Crippen LogP) is 3.88. The van der Waals surface area contributed by atoms with Crippen LogP contribution in [0.1, 0.15) is 53.7 Å². The molecule has 1 aromatic heterocycles. The van der Waals surface area contributed by atoms with Gasteiger partial charge in [0.05, 0.1) is 12.5 Å². The molecule has 33 heavy (non-hydrogen) atoms. The highest BCUT2D eigenvalue weighted by Crippen LogP contribution is 2.31. The number of amides is 2. The van der Waals surface area contributed by atoms with Crippen LogP contribution in [-0.2, 0) is 29.0 Å². The molecule has 2 heterocycles. The van der Waals surface area contributed by atoms with Gasteiger partial charge in [-0.2, -0.15) is 4.98 Å². The molecule has 1 unspecified atom stereocenters. The number of aryl methyl sites for hydroxylation is 2. The van der Waals surface area contributed by atoms with Crippen molar-refractivity contribution in [2.45, 2.75) is 51.6 Å². The van der Waals surface area contributed by atoms with Crippen LogP contribution < -0.4 is 0 Å². The molecular weight excluding hydrogens is 416 g/mol. The fourth-order valence-electron chi connectivity index (χ4n) is 4.29. The fraction of sp³-hybridized carbons (Fsp3) is 0.385. The van der Waals surface area contributed by atoms with E-state index in [2.05, 4.69) is 10.1 Å². The van der Waals surface area contributed by atoms with E-state index in [1.165, 1.54) is 0 Å². The highest BCUT2D eigenvalue weighted by atomic mass is 16.5. The molecule has 0 N–H and O–H groups in total. The standard InChI is InChI=1S/C26H30N4O3/c1-19-8-6-11-21(16-19)17-25(32)30-15-7-12-22(30)26-27-23(33-28-26)13-14-24(31)29(2)18-20-9-4-3-5-10-20/h3-6,8-11,16,22H,7,12-15,17-18H2,1-2H3. The molecule has 7 heteroatoms. The van der Waals surface area contributed by atoms with E-state index in [0.29, 0.717) is 44.1 Å². The Morgan fingerprint density at radius 1 is 1.12 bits per heavy atom. The van der Waals surface area contributed by atoms with Crippen molar-refractivity contribution in [1.82, 2.24) is 19.9 Å². The molecule has 1 atom stereocenters. The van der Waals surface area contributed by atoms with E-state index < -0.39 is 0 Å². The molecule has 1 fully saturated rings. The van der Waals surface area contributed by atoms with Crippen LogP contribution in [0.4, 0.5) is 0 Å². The van der Waals surface area contributed by atoms with Crippen molar-refractivity contribution in [3.05, 3.63) is 83.0 Å². The van der Waals surface area contributed by atoms with E-state index in [1.54, 1.807) is 11.9 Å². The zero-order valence-corrected chi connectivity index (χ0v) is 19.2. The molecule has 1 aliphatic rings. The Bertz CT molecular complexity index is 1100. The molecule has 2 aromatic carbocycles. The summed E-state index contributed by atoms with van der Waals surface area (Å²) in [6.45, 7) is 3.29. The maximum atomic E-state index is 12.9. The molecule has 0 aliphatic carbocycles. The second-order valence-corrected chi connectivity index (χ2v) is 8.69. The zero-order chi connectivity index (χ0) is 23.2. The summed E-state index contributed by atoms with van der Waals surface area (Å²) < 4.78 is 5.42. The van der Waals surface area contributed by atoms with E-state index in [-0.39, 0.29) is 17.9 Å². The van der Waals surface area contributed by atoms with E-state index in [9.17, 15) is 9.59 Å². The average molecular weight is 447 g/mol. The van der Waals surface area contributed by atoms with Crippen LogP contribution in [0.3, 0.4) is 0 Å². The Balaban J connectivity index is 1.32. The molecule has 0 radical (unpaired) electrons. The minimum atomic E-state index is -0.170. The first-order chi connectivity index (χ1) is 16.0. The van der Waals surface area contributed by atoms with E-state index >= 15 is 0 Å². The number of hydrogen-bond acceptors (Lipinski definition) is 5. The van der Waals surface area contributed by atoms with Crippen LogP contribution in [-0.4, -0.2) is 45.3 Å². The van der Waals surface area contributed by atoms with Gasteiger partial charge in [-0.25, -0.2) is 0 Å². The smallest absolute Gasteiger partial charge is 0.227 e. The molecule has 7 nitrogen and oxygen atoms in total. The van der Waals surface area contributed by atoms with Crippen LogP contribution in [0.2, 0.25) is 0 Å². The lowest BCUT2D eigenvalue weighted by Gasteiger charge is -2.22. The maximum Gasteiger partial charge on any atom is 0.227 e. The van der Waals surface area contributed by atoms with Gasteiger partial charge in [-0.15, -0.1) is 0 Å². The molecular formula is C26H30N4O3. The van der Waals surface area contributed by atoms with E-state index in [1.807, 2.05) is 66.4 Å². The number of carbonyl (C=O) groups excluding carboxylic acids is 2. The van der Waals surface area contributed by atoms with Crippen LogP contribution in [0.15, 0.2) is 59.1 Å². The van der Waals surface area contributed by atoms with Gasteiger partial charge < -0.3 is 14.3 Å². The molecule has 0 saturated carbocycles. The summed E-state index contributed by atoms with van der Waals surface area (Å²) in [6, 6.07) is 17.7. The maximum absolute atomic E-state index is 12.9. The summed E-state index contributed by atoms with van der Waals surface area (Å²) >= 11 is 0. The van der Waals surface area contributed by atoms with Crippen LogP contribution in [0, 0.1) is 6.92 Å². The SMILES string of the molecule is Cc1cccc(CC(=O)N2CCCC2c2noc(CCC(=O)N(C)Cc3ccccc3)n2)c1. The number of aromatic nitrogens is 2. The normalized spacial score (nSPS) is 15.6. The van der Waals surface area contributed by atoms with Crippen molar-refractivity contribution >= 4 is 11.8 Å². The second-order valence-electron chi connectivity index (χ2n) is 8.69.